The van der Waals surface area contributed by atoms with E-state index in [-0.39, 0.29) is 21.9 Å². The number of hydrogen-bond donors (Lipinski definition) is 1. The van der Waals surface area contributed by atoms with Gasteiger partial charge in [-0.2, -0.15) is 0 Å². The quantitative estimate of drug-likeness (QED) is 0.861. The first-order chi connectivity index (χ1) is 8.58. The van der Waals surface area contributed by atoms with Crippen LogP contribution in [0, 0.1) is 0 Å². The zero-order chi connectivity index (χ0) is 13.1. The summed E-state index contributed by atoms with van der Waals surface area (Å²) in [6, 6.07) is 6.42. The number of nitrogens with zero attached hydrogens (tertiary/aromatic N) is 2. The summed E-state index contributed by atoms with van der Waals surface area (Å²) in [7, 11) is 0. The fraction of sp³-hybridized carbons (Fsp3) is 0. The maximum Gasteiger partial charge on any atom is 0.256 e. The molecule has 2 rings (SSSR count). The molecule has 0 saturated heterocycles. The van der Waals surface area contributed by atoms with Crippen LogP contribution in [0.5, 0.6) is 0 Å². The molecule has 7 heteroatoms. The second-order valence-corrected chi connectivity index (χ2v) is 4.46. The van der Waals surface area contributed by atoms with E-state index in [1.54, 1.807) is 24.3 Å². The smallest absolute Gasteiger partial charge is 0.256 e. The lowest BCUT2D eigenvalue weighted by molar-refractivity contribution is 0.102. The molecule has 0 fully saturated rings. The van der Waals surface area contributed by atoms with Crippen LogP contribution in [-0.2, 0) is 0 Å². The van der Waals surface area contributed by atoms with Crippen molar-refractivity contribution in [2.75, 3.05) is 5.32 Å². The molecule has 0 spiro atoms. The molecule has 0 radical (unpaired) electrons. The molecular formula is C11H6Cl3N3O. The Morgan fingerprint density at radius 1 is 1.06 bits per heavy atom. The van der Waals surface area contributed by atoms with Crippen LogP contribution in [0.4, 0.5) is 5.82 Å². The van der Waals surface area contributed by atoms with Gasteiger partial charge in [-0.15, -0.1) is 0 Å². The average Bonchev–Trinajstić information content (AvgIpc) is 2.36. The van der Waals surface area contributed by atoms with Gasteiger partial charge in [0.2, 0.25) is 0 Å². The molecule has 18 heavy (non-hydrogen) atoms. The van der Waals surface area contributed by atoms with Gasteiger partial charge in [0.25, 0.3) is 5.91 Å². The summed E-state index contributed by atoms with van der Waals surface area (Å²) < 4.78 is 0. The van der Waals surface area contributed by atoms with E-state index in [9.17, 15) is 4.79 Å². The Labute approximate surface area is 118 Å². The standard InChI is InChI=1S/C11H6Cl3N3O/c12-7-3-1-6(2-4-7)11(18)17-10-8(13)9(14)15-5-16-10/h1-5H,(H,15,16,17,18). The summed E-state index contributed by atoms with van der Waals surface area (Å²) >= 11 is 17.3. The van der Waals surface area contributed by atoms with Gasteiger partial charge in [-0.3, -0.25) is 4.79 Å². The van der Waals surface area contributed by atoms with Gasteiger partial charge < -0.3 is 5.32 Å². The van der Waals surface area contributed by atoms with E-state index in [4.69, 9.17) is 34.8 Å². The molecule has 0 unspecified atom stereocenters. The van der Waals surface area contributed by atoms with Crippen LogP contribution >= 0.6 is 34.8 Å². The summed E-state index contributed by atoms with van der Waals surface area (Å²) in [6.07, 6.45) is 1.21. The minimum atomic E-state index is -0.358. The molecule has 1 amide bonds. The molecule has 1 N–H and O–H groups in total. The van der Waals surface area contributed by atoms with E-state index in [1.807, 2.05) is 0 Å². The number of aromatic nitrogens is 2. The van der Waals surface area contributed by atoms with E-state index >= 15 is 0 Å². The van der Waals surface area contributed by atoms with Gasteiger partial charge in [0, 0.05) is 10.6 Å². The van der Waals surface area contributed by atoms with Crippen LogP contribution in [0.3, 0.4) is 0 Å². The minimum absolute atomic E-state index is 0.0815. The third-order valence-electron chi connectivity index (χ3n) is 2.09. The molecule has 0 bridgehead atoms. The Morgan fingerprint density at radius 2 is 1.72 bits per heavy atom. The third kappa shape index (κ3) is 2.90. The zero-order valence-corrected chi connectivity index (χ0v) is 11.1. The lowest BCUT2D eigenvalue weighted by atomic mass is 10.2. The van der Waals surface area contributed by atoms with E-state index in [0.717, 1.165) is 0 Å². The first-order valence-corrected chi connectivity index (χ1v) is 5.94. The molecule has 4 nitrogen and oxygen atoms in total. The van der Waals surface area contributed by atoms with Crippen molar-refractivity contribution in [3.8, 4) is 0 Å². The van der Waals surface area contributed by atoms with Crippen molar-refractivity contribution in [2.45, 2.75) is 0 Å². The van der Waals surface area contributed by atoms with E-state index in [1.165, 1.54) is 6.33 Å². The zero-order valence-electron chi connectivity index (χ0n) is 8.82. The highest BCUT2D eigenvalue weighted by molar-refractivity contribution is 6.43. The van der Waals surface area contributed by atoms with Crippen molar-refractivity contribution >= 4 is 46.5 Å². The Morgan fingerprint density at radius 3 is 2.39 bits per heavy atom. The minimum Gasteiger partial charge on any atom is -0.305 e. The van der Waals surface area contributed by atoms with Gasteiger partial charge in [0.1, 0.15) is 11.3 Å². The van der Waals surface area contributed by atoms with Crippen LogP contribution in [0.2, 0.25) is 15.2 Å². The predicted molar refractivity (Wildman–Crippen MR) is 71.5 cm³/mol. The molecule has 2 aromatic rings. The van der Waals surface area contributed by atoms with Crippen LogP contribution < -0.4 is 5.32 Å². The van der Waals surface area contributed by atoms with Crippen molar-refractivity contribution in [3.63, 3.8) is 0 Å². The second-order valence-electron chi connectivity index (χ2n) is 3.29. The molecule has 0 aliphatic heterocycles. The summed E-state index contributed by atoms with van der Waals surface area (Å²) in [5, 5.41) is 3.27. The summed E-state index contributed by atoms with van der Waals surface area (Å²) in [6.45, 7) is 0. The lowest BCUT2D eigenvalue weighted by Crippen LogP contribution is -2.13. The van der Waals surface area contributed by atoms with E-state index < -0.39 is 0 Å². The van der Waals surface area contributed by atoms with Gasteiger partial charge in [-0.25, -0.2) is 9.97 Å². The topological polar surface area (TPSA) is 54.9 Å². The number of halogens is 3. The highest BCUT2D eigenvalue weighted by Crippen LogP contribution is 2.25. The summed E-state index contributed by atoms with van der Waals surface area (Å²) in [4.78, 5) is 19.4. The van der Waals surface area contributed by atoms with Gasteiger partial charge in [-0.1, -0.05) is 34.8 Å². The average molecular weight is 303 g/mol. The molecule has 1 aromatic heterocycles. The second kappa shape index (κ2) is 5.52. The molecular weight excluding hydrogens is 296 g/mol. The molecule has 0 saturated carbocycles. The maximum absolute atomic E-state index is 11.9. The summed E-state index contributed by atoms with van der Waals surface area (Å²) in [5.41, 5.74) is 0.435. The summed E-state index contributed by atoms with van der Waals surface area (Å²) in [5.74, 6) is -0.194. The highest BCUT2D eigenvalue weighted by atomic mass is 35.5. The largest absolute Gasteiger partial charge is 0.305 e. The van der Waals surface area contributed by atoms with Crippen LogP contribution in [0.15, 0.2) is 30.6 Å². The van der Waals surface area contributed by atoms with Crippen LogP contribution in [0.1, 0.15) is 10.4 Å². The number of nitrogens with one attached hydrogen (secondary N) is 1. The Bertz CT molecular complexity index is 587. The first-order valence-electron chi connectivity index (χ1n) is 4.81. The van der Waals surface area contributed by atoms with Gasteiger partial charge >= 0.3 is 0 Å². The van der Waals surface area contributed by atoms with Crippen LogP contribution in [0.25, 0.3) is 0 Å². The van der Waals surface area contributed by atoms with Crippen molar-refractivity contribution in [2.24, 2.45) is 0 Å². The van der Waals surface area contributed by atoms with E-state index in [0.29, 0.717) is 10.6 Å². The van der Waals surface area contributed by atoms with Crippen molar-refractivity contribution in [1.29, 1.82) is 0 Å². The fourth-order valence-electron chi connectivity index (χ4n) is 1.22. The van der Waals surface area contributed by atoms with Crippen LogP contribution in [-0.4, -0.2) is 15.9 Å². The number of carbonyl (C=O) groups excluding carboxylic acids is 1. The van der Waals surface area contributed by atoms with Crippen molar-refractivity contribution in [3.05, 3.63) is 51.4 Å². The highest BCUT2D eigenvalue weighted by Gasteiger charge is 2.12. The normalized spacial score (nSPS) is 10.2. The predicted octanol–water partition coefficient (Wildman–Crippen LogP) is 3.69. The first kappa shape index (κ1) is 13.1. The Hall–Kier alpha value is -1.36. The SMILES string of the molecule is O=C(Nc1ncnc(Cl)c1Cl)c1ccc(Cl)cc1. The Kier molecular flexibility index (Phi) is 4.01. The molecule has 0 aliphatic carbocycles. The number of anilines is 1. The van der Waals surface area contributed by atoms with Crippen molar-refractivity contribution < 1.29 is 4.79 Å². The molecule has 92 valence electrons. The molecule has 0 aliphatic rings. The molecule has 1 aromatic carbocycles. The van der Waals surface area contributed by atoms with Gasteiger partial charge in [0.05, 0.1) is 0 Å². The van der Waals surface area contributed by atoms with Gasteiger partial charge in [0.15, 0.2) is 11.0 Å². The maximum atomic E-state index is 11.9. The van der Waals surface area contributed by atoms with Gasteiger partial charge in [-0.05, 0) is 24.3 Å². The number of hydrogen-bond acceptors (Lipinski definition) is 3. The fourth-order valence-corrected chi connectivity index (χ4v) is 1.62. The molecule has 0 atom stereocenters. The number of amides is 1. The molecule has 1 heterocycles. The lowest BCUT2D eigenvalue weighted by Gasteiger charge is -2.06. The monoisotopic (exact) mass is 301 g/mol. The van der Waals surface area contributed by atoms with E-state index in [2.05, 4.69) is 15.3 Å². The third-order valence-corrected chi connectivity index (χ3v) is 3.08. The number of benzene rings is 1. The number of rotatable bonds is 2. The van der Waals surface area contributed by atoms with Crippen molar-refractivity contribution in [1.82, 2.24) is 9.97 Å². The number of carbonyl (C=O) groups is 1. The Balaban J connectivity index is 2.21.